The molecule has 0 aromatic heterocycles. The normalized spacial score (nSPS) is 16.6. The molecule has 1 aromatic rings. The highest BCUT2D eigenvalue weighted by molar-refractivity contribution is 14.1. The number of carbonyl (C=O) groups is 1. The molecule has 0 aliphatic carbocycles. The molecule has 5 heteroatoms. The molecule has 0 unspecified atom stereocenters. The zero-order chi connectivity index (χ0) is 13.0. The fraction of sp³-hybridized carbons (Fsp3) is 0.462. The molecule has 1 heterocycles. The lowest BCUT2D eigenvalue weighted by Gasteiger charge is -2.22. The second-order valence-electron chi connectivity index (χ2n) is 4.53. The molecule has 1 fully saturated rings. The molecule has 0 spiro atoms. The molecule has 2 rings (SSSR count). The van der Waals surface area contributed by atoms with Crippen LogP contribution in [-0.4, -0.2) is 25.5 Å². The number of amides is 1. The van der Waals surface area contributed by atoms with Crippen LogP contribution in [0.15, 0.2) is 18.2 Å². The van der Waals surface area contributed by atoms with Gasteiger partial charge in [0.25, 0.3) is 5.91 Å². The van der Waals surface area contributed by atoms with Gasteiger partial charge in [0.2, 0.25) is 0 Å². The maximum Gasteiger partial charge on any atom is 0.252 e. The van der Waals surface area contributed by atoms with Crippen molar-refractivity contribution in [2.24, 2.45) is 5.92 Å². The minimum Gasteiger partial charge on any atom is -0.352 e. The van der Waals surface area contributed by atoms with Crippen molar-refractivity contribution in [3.8, 4) is 0 Å². The summed E-state index contributed by atoms with van der Waals surface area (Å²) in [6.07, 6.45) is 2.20. The van der Waals surface area contributed by atoms with Gasteiger partial charge in [0, 0.05) is 10.1 Å². The van der Waals surface area contributed by atoms with Crippen LogP contribution in [0.1, 0.15) is 23.2 Å². The topological polar surface area (TPSA) is 41.1 Å². The Hall–Kier alpha value is -0.690. The van der Waals surface area contributed by atoms with E-state index in [1.54, 1.807) is 0 Å². The third kappa shape index (κ3) is 3.65. The van der Waals surface area contributed by atoms with Gasteiger partial charge in [-0.15, -0.1) is 0 Å². The molecule has 1 aliphatic heterocycles. The summed E-state index contributed by atoms with van der Waals surface area (Å²) in [5.74, 6) is 0.126. The van der Waals surface area contributed by atoms with E-state index in [9.17, 15) is 9.18 Å². The van der Waals surface area contributed by atoms with Crippen molar-refractivity contribution in [3.63, 3.8) is 0 Å². The number of nitrogens with one attached hydrogen (secondary N) is 2. The molecule has 1 aliphatic rings. The maximum atomic E-state index is 12.9. The van der Waals surface area contributed by atoms with E-state index in [-0.39, 0.29) is 11.7 Å². The summed E-state index contributed by atoms with van der Waals surface area (Å²) in [5, 5.41) is 6.23. The van der Waals surface area contributed by atoms with Crippen molar-refractivity contribution in [1.82, 2.24) is 10.6 Å². The third-order valence-electron chi connectivity index (χ3n) is 3.19. The lowest BCUT2D eigenvalue weighted by atomic mass is 9.98. The predicted molar refractivity (Wildman–Crippen MR) is 77.0 cm³/mol. The van der Waals surface area contributed by atoms with Crippen LogP contribution in [0.25, 0.3) is 0 Å². The molecule has 1 aromatic carbocycles. The van der Waals surface area contributed by atoms with E-state index < -0.39 is 0 Å². The Balaban J connectivity index is 1.90. The van der Waals surface area contributed by atoms with Crippen molar-refractivity contribution < 1.29 is 9.18 Å². The van der Waals surface area contributed by atoms with Crippen LogP contribution in [0, 0.1) is 15.3 Å². The molecule has 3 nitrogen and oxygen atoms in total. The number of piperidine rings is 1. The minimum absolute atomic E-state index is 0.113. The second-order valence-corrected chi connectivity index (χ2v) is 5.69. The van der Waals surface area contributed by atoms with Gasteiger partial charge in [-0.3, -0.25) is 4.79 Å². The average molecular weight is 362 g/mol. The van der Waals surface area contributed by atoms with Crippen LogP contribution in [0.5, 0.6) is 0 Å². The zero-order valence-electron chi connectivity index (χ0n) is 10.0. The van der Waals surface area contributed by atoms with E-state index in [0.29, 0.717) is 21.6 Å². The van der Waals surface area contributed by atoms with Crippen LogP contribution in [0.3, 0.4) is 0 Å². The van der Waals surface area contributed by atoms with Crippen molar-refractivity contribution >= 4 is 28.5 Å². The van der Waals surface area contributed by atoms with Gasteiger partial charge in [-0.2, -0.15) is 0 Å². The summed E-state index contributed by atoms with van der Waals surface area (Å²) in [5.41, 5.74) is 0.547. The lowest BCUT2D eigenvalue weighted by molar-refractivity contribution is 0.0943. The van der Waals surface area contributed by atoms with Gasteiger partial charge < -0.3 is 10.6 Å². The number of hydrogen-bond donors (Lipinski definition) is 2. The summed E-state index contributed by atoms with van der Waals surface area (Å²) in [4.78, 5) is 12.0. The van der Waals surface area contributed by atoms with Crippen molar-refractivity contribution in [2.45, 2.75) is 12.8 Å². The quantitative estimate of drug-likeness (QED) is 0.810. The smallest absolute Gasteiger partial charge is 0.252 e. The fourth-order valence-electron chi connectivity index (χ4n) is 2.09. The van der Waals surface area contributed by atoms with Crippen molar-refractivity contribution in [1.29, 1.82) is 0 Å². The summed E-state index contributed by atoms with van der Waals surface area (Å²) in [6, 6.07) is 4.23. The monoisotopic (exact) mass is 362 g/mol. The number of benzene rings is 1. The second kappa shape index (κ2) is 6.47. The highest BCUT2D eigenvalue weighted by atomic mass is 127. The molecule has 98 valence electrons. The Kier molecular flexibility index (Phi) is 4.94. The first kappa shape index (κ1) is 13.7. The molecular formula is C13H16FIN2O. The van der Waals surface area contributed by atoms with Gasteiger partial charge in [0.15, 0.2) is 0 Å². The largest absolute Gasteiger partial charge is 0.352 e. The molecule has 0 atom stereocenters. The predicted octanol–water partition coefficient (Wildman–Crippen LogP) is 2.16. The van der Waals surface area contributed by atoms with Gasteiger partial charge in [-0.1, -0.05) is 0 Å². The SMILES string of the molecule is O=C(NCC1CCNCC1)c1ccc(F)cc1I. The van der Waals surface area contributed by atoms with E-state index in [2.05, 4.69) is 10.6 Å². The van der Waals surface area contributed by atoms with Crippen molar-refractivity contribution in [2.75, 3.05) is 19.6 Å². The summed E-state index contributed by atoms with van der Waals surface area (Å²) < 4.78 is 13.6. The van der Waals surface area contributed by atoms with E-state index in [1.165, 1.54) is 18.2 Å². The first-order chi connectivity index (χ1) is 8.66. The van der Waals surface area contributed by atoms with E-state index in [4.69, 9.17) is 0 Å². The highest BCUT2D eigenvalue weighted by Gasteiger charge is 2.15. The molecule has 0 saturated carbocycles. The van der Waals surface area contributed by atoms with Gasteiger partial charge in [0.1, 0.15) is 5.82 Å². The molecule has 2 N–H and O–H groups in total. The Morgan fingerprint density at radius 1 is 1.44 bits per heavy atom. The van der Waals surface area contributed by atoms with Gasteiger partial charge in [-0.25, -0.2) is 4.39 Å². The third-order valence-corrected chi connectivity index (χ3v) is 4.08. The molecule has 1 saturated heterocycles. The Bertz CT molecular complexity index is 433. The van der Waals surface area contributed by atoms with Gasteiger partial charge in [-0.05, 0) is 72.6 Å². The number of rotatable bonds is 3. The molecule has 0 bridgehead atoms. The summed E-state index contributed by atoms with van der Waals surface area (Å²) in [6.45, 7) is 2.75. The summed E-state index contributed by atoms with van der Waals surface area (Å²) >= 11 is 1.98. The first-order valence-electron chi connectivity index (χ1n) is 6.11. The fourth-order valence-corrected chi connectivity index (χ4v) is 2.81. The van der Waals surface area contributed by atoms with Crippen molar-refractivity contribution in [3.05, 3.63) is 33.1 Å². The van der Waals surface area contributed by atoms with Crippen LogP contribution < -0.4 is 10.6 Å². The molecule has 1 amide bonds. The molecular weight excluding hydrogens is 346 g/mol. The minimum atomic E-state index is -0.311. The number of hydrogen-bond acceptors (Lipinski definition) is 2. The summed E-state index contributed by atoms with van der Waals surface area (Å²) in [7, 11) is 0. The first-order valence-corrected chi connectivity index (χ1v) is 7.18. The molecule has 18 heavy (non-hydrogen) atoms. The van der Waals surface area contributed by atoms with Gasteiger partial charge >= 0.3 is 0 Å². The molecule has 0 radical (unpaired) electrons. The average Bonchev–Trinajstić information content (AvgIpc) is 2.37. The lowest BCUT2D eigenvalue weighted by Crippen LogP contribution is -2.36. The Morgan fingerprint density at radius 3 is 2.83 bits per heavy atom. The number of halogens is 2. The van der Waals surface area contributed by atoms with E-state index >= 15 is 0 Å². The highest BCUT2D eigenvalue weighted by Crippen LogP contribution is 2.15. The van der Waals surface area contributed by atoms with Crippen LogP contribution in [0.2, 0.25) is 0 Å². The van der Waals surface area contributed by atoms with Crippen LogP contribution in [0.4, 0.5) is 4.39 Å². The Labute approximate surface area is 120 Å². The number of carbonyl (C=O) groups excluding carboxylic acids is 1. The standard InChI is InChI=1S/C13H16FIN2O/c14-10-1-2-11(12(15)7-10)13(18)17-8-9-3-5-16-6-4-9/h1-2,7,9,16H,3-6,8H2,(H,17,18). The maximum absolute atomic E-state index is 12.9. The van der Waals surface area contributed by atoms with Crippen LogP contribution in [-0.2, 0) is 0 Å². The Morgan fingerprint density at radius 2 is 2.17 bits per heavy atom. The van der Waals surface area contributed by atoms with Crippen LogP contribution >= 0.6 is 22.6 Å². The zero-order valence-corrected chi connectivity index (χ0v) is 12.2. The van der Waals surface area contributed by atoms with E-state index in [1.807, 2.05) is 22.6 Å². The van der Waals surface area contributed by atoms with Gasteiger partial charge in [0.05, 0.1) is 5.56 Å². The van der Waals surface area contributed by atoms with E-state index in [0.717, 1.165) is 25.9 Å².